The summed E-state index contributed by atoms with van der Waals surface area (Å²) in [6.45, 7) is 5.57. The summed E-state index contributed by atoms with van der Waals surface area (Å²) in [5.74, 6) is 0.526. The minimum absolute atomic E-state index is 0.526. The first kappa shape index (κ1) is 11.6. The maximum atomic E-state index is 4.50. The Labute approximate surface area is 97.6 Å². The van der Waals surface area contributed by atoms with Gasteiger partial charge in [-0.15, -0.1) is 0 Å². The summed E-state index contributed by atoms with van der Waals surface area (Å²) in [5.41, 5.74) is 1.36. The highest BCUT2D eigenvalue weighted by Gasteiger charge is 2.24. The SMILES string of the molecule is CNCC(C)c1ccnn1C1CCN(C)C1. The Hall–Kier alpha value is -0.870. The molecule has 0 bridgehead atoms. The second kappa shape index (κ2) is 4.97. The molecule has 90 valence electrons. The summed E-state index contributed by atoms with van der Waals surface area (Å²) in [7, 11) is 4.18. The zero-order valence-corrected chi connectivity index (χ0v) is 10.5. The van der Waals surface area contributed by atoms with Gasteiger partial charge >= 0.3 is 0 Å². The van der Waals surface area contributed by atoms with Crippen LogP contribution in [0.4, 0.5) is 0 Å². The molecular weight excluding hydrogens is 200 g/mol. The van der Waals surface area contributed by atoms with Crippen molar-refractivity contribution >= 4 is 0 Å². The van der Waals surface area contributed by atoms with E-state index in [9.17, 15) is 0 Å². The van der Waals surface area contributed by atoms with Crippen molar-refractivity contribution in [3.63, 3.8) is 0 Å². The van der Waals surface area contributed by atoms with Gasteiger partial charge in [-0.3, -0.25) is 4.68 Å². The van der Waals surface area contributed by atoms with E-state index in [0.29, 0.717) is 12.0 Å². The first-order valence-electron chi connectivity index (χ1n) is 6.09. The Balaban J connectivity index is 2.12. The molecule has 0 spiro atoms. The molecule has 2 rings (SSSR count). The number of likely N-dealkylation sites (tertiary alicyclic amines) is 1. The Kier molecular flexibility index (Phi) is 3.61. The molecule has 0 radical (unpaired) electrons. The maximum absolute atomic E-state index is 4.50. The van der Waals surface area contributed by atoms with Crippen molar-refractivity contribution in [2.45, 2.75) is 25.3 Å². The first-order chi connectivity index (χ1) is 7.72. The lowest BCUT2D eigenvalue weighted by molar-refractivity contribution is 0.374. The predicted molar refractivity (Wildman–Crippen MR) is 65.7 cm³/mol. The number of hydrogen-bond acceptors (Lipinski definition) is 3. The van der Waals surface area contributed by atoms with Crippen LogP contribution in [0.5, 0.6) is 0 Å². The molecule has 1 fully saturated rings. The molecule has 1 aliphatic heterocycles. The predicted octanol–water partition coefficient (Wildman–Crippen LogP) is 1.08. The fourth-order valence-electron chi connectivity index (χ4n) is 2.54. The van der Waals surface area contributed by atoms with Crippen LogP contribution in [0.15, 0.2) is 12.3 Å². The van der Waals surface area contributed by atoms with Crippen LogP contribution in [0.1, 0.15) is 31.0 Å². The molecule has 0 saturated carbocycles. The molecule has 1 N–H and O–H groups in total. The van der Waals surface area contributed by atoms with Gasteiger partial charge in [0.05, 0.1) is 6.04 Å². The highest BCUT2D eigenvalue weighted by atomic mass is 15.3. The van der Waals surface area contributed by atoms with E-state index >= 15 is 0 Å². The number of rotatable bonds is 4. The van der Waals surface area contributed by atoms with Gasteiger partial charge in [0, 0.05) is 30.9 Å². The molecule has 1 saturated heterocycles. The second-order valence-electron chi connectivity index (χ2n) is 4.86. The molecule has 4 nitrogen and oxygen atoms in total. The lowest BCUT2D eigenvalue weighted by atomic mass is 10.1. The highest BCUT2D eigenvalue weighted by molar-refractivity contribution is 5.09. The van der Waals surface area contributed by atoms with Crippen molar-refractivity contribution in [1.29, 1.82) is 0 Å². The first-order valence-corrected chi connectivity index (χ1v) is 6.09. The summed E-state index contributed by atoms with van der Waals surface area (Å²) >= 11 is 0. The molecule has 1 aromatic rings. The molecule has 0 aromatic carbocycles. The van der Waals surface area contributed by atoms with Crippen LogP contribution in [-0.2, 0) is 0 Å². The maximum Gasteiger partial charge on any atom is 0.0661 e. The normalized spacial score (nSPS) is 23.8. The summed E-state index contributed by atoms with van der Waals surface area (Å²) in [6, 6.07) is 2.72. The fraction of sp³-hybridized carbons (Fsp3) is 0.750. The van der Waals surface area contributed by atoms with Crippen molar-refractivity contribution in [3.05, 3.63) is 18.0 Å². The Morgan fingerprint density at radius 2 is 2.44 bits per heavy atom. The quantitative estimate of drug-likeness (QED) is 0.827. The van der Waals surface area contributed by atoms with Crippen molar-refractivity contribution in [3.8, 4) is 0 Å². The van der Waals surface area contributed by atoms with Crippen molar-refractivity contribution < 1.29 is 0 Å². The molecule has 2 unspecified atom stereocenters. The Morgan fingerprint density at radius 1 is 1.62 bits per heavy atom. The van der Waals surface area contributed by atoms with Gasteiger partial charge in [0.2, 0.25) is 0 Å². The molecular formula is C12H22N4. The number of nitrogens with one attached hydrogen (secondary N) is 1. The minimum Gasteiger partial charge on any atom is -0.319 e. The van der Waals surface area contributed by atoms with Crippen LogP contribution in [0.2, 0.25) is 0 Å². The van der Waals surface area contributed by atoms with Crippen LogP contribution in [0.25, 0.3) is 0 Å². The molecule has 4 heteroatoms. The molecule has 1 aliphatic rings. The van der Waals surface area contributed by atoms with Gasteiger partial charge in [-0.1, -0.05) is 6.92 Å². The highest BCUT2D eigenvalue weighted by Crippen LogP contribution is 2.24. The Morgan fingerprint density at radius 3 is 3.06 bits per heavy atom. The number of hydrogen-bond donors (Lipinski definition) is 1. The van der Waals surface area contributed by atoms with Crippen molar-refractivity contribution in [1.82, 2.24) is 20.0 Å². The van der Waals surface area contributed by atoms with Crippen molar-refractivity contribution in [2.24, 2.45) is 0 Å². The number of likely N-dealkylation sites (N-methyl/N-ethyl adjacent to an activating group) is 2. The molecule has 2 atom stereocenters. The molecule has 0 aliphatic carbocycles. The zero-order chi connectivity index (χ0) is 11.5. The summed E-state index contributed by atoms with van der Waals surface area (Å²) in [4.78, 5) is 2.37. The molecule has 16 heavy (non-hydrogen) atoms. The lowest BCUT2D eigenvalue weighted by Crippen LogP contribution is -2.22. The van der Waals surface area contributed by atoms with Crippen LogP contribution >= 0.6 is 0 Å². The van der Waals surface area contributed by atoms with Gasteiger partial charge in [-0.05, 0) is 33.1 Å². The topological polar surface area (TPSA) is 33.1 Å². The van der Waals surface area contributed by atoms with Gasteiger partial charge in [0.15, 0.2) is 0 Å². The lowest BCUT2D eigenvalue weighted by Gasteiger charge is -2.18. The fourth-order valence-corrected chi connectivity index (χ4v) is 2.54. The van der Waals surface area contributed by atoms with E-state index in [4.69, 9.17) is 0 Å². The van der Waals surface area contributed by atoms with Crippen LogP contribution in [0.3, 0.4) is 0 Å². The van der Waals surface area contributed by atoms with Gasteiger partial charge in [-0.2, -0.15) is 5.10 Å². The largest absolute Gasteiger partial charge is 0.319 e. The van der Waals surface area contributed by atoms with Gasteiger partial charge in [0.1, 0.15) is 0 Å². The second-order valence-corrected chi connectivity index (χ2v) is 4.86. The average molecular weight is 222 g/mol. The van der Waals surface area contributed by atoms with E-state index in [-0.39, 0.29) is 0 Å². The van der Waals surface area contributed by atoms with Crippen LogP contribution in [0, 0.1) is 0 Å². The summed E-state index contributed by atoms with van der Waals surface area (Å²) in [5, 5.41) is 7.73. The van der Waals surface area contributed by atoms with Gasteiger partial charge < -0.3 is 10.2 Å². The third-order valence-electron chi connectivity index (χ3n) is 3.43. The van der Waals surface area contributed by atoms with E-state index in [0.717, 1.165) is 13.1 Å². The van der Waals surface area contributed by atoms with E-state index < -0.39 is 0 Å². The van der Waals surface area contributed by atoms with E-state index in [1.807, 2.05) is 13.2 Å². The van der Waals surface area contributed by atoms with E-state index in [1.54, 1.807) is 0 Å². The van der Waals surface area contributed by atoms with Crippen LogP contribution < -0.4 is 5.32 Å². The zero-order valence-electron chi connectivity index (χ0n) is 10.5. The number of aromatic nitrogens is 2. The molecule has 1 aromatic heterocycles. The molecule has 2 heterocycles. The van der Waals surface area contributed by atoms with Crippen molar-refractivity contribution in [2.75, 3.05) is 33.7 Å². The third kappa shape index (κ3) is 2.28. The Bertz CT molecular complexity index is 334. The molecule has 0 amide bonds. The summed E-state index contributed by atoms with van der Waals surface area (Å²) in [6.07, 6.45) is 3.15. The third-order valence-corrected chi connectivity index (χ3v) is 3.43. The monoisotopic (exact) mass is 222 g/mol. The smallest absolute Gasteiger partial charge is 0.0661 e. The van der Waals surface area contributed by atoms with Gasteiger partial charge in [-0.25, -0.2) is 0 Å². The standard InChI is InChI=1S/C12H22N4/c1-10(8-13-2)12-4-6-14-16(12)11-5-7-15(3)9-11/h4,6,10-11,13H,5,7-9H2,1-3H3. The summed E-state index contributed by atoms with van der Waals surface area (Å²) < 4.78 is 2.23. The van der Waals surface area contributed by atoms with Crippen LogP contribution in [-0.4, -0.2) is 48.4 Å². The van der Waals surface area contributed by atoms with E-state index in [2.05, 4.69) is 40.0 Å². The average Bonchev–Trinajstić information content (AvgIpc) is 2.85. The van der Waals surface area contributed by atoms with Gasteiger partial charge in [0.25, 0.3) is 0 Å². The number of nitrogens with zero attached hydrogens (tertiary/aromatic N) is 3. The van der Waals surface area contributed by atoms with E-state index in [1.165, 1.54) is 18.7 Å². The minimum atomic E-state index is 0.526.